The minimum atomic E-state index is 0.265. The Kier molecular flexibility index (Phi) is 4.30. The Balaban J connectivity index is 1.52. The van der Waals surface area contributed by atoms with Gasteiger partial charge in [-0.25, -0.2) is 0 Å². The number of benzene rings is 1. The molecule has 0 amide bonds. The topological polar surface area (TPSA) is 80.5 Å². The molecule has 8 nitrogen and oxygen atoms in total. The Morgan fingerprint density at radius 1 is 1.08 bits per heavy atom. The summed E-state index contributed by atoms with van der Waals surface area (Å²) in [5.74, 6) is 0.754. The number of fused-ring (bicyclic) bond motifs is 1. The van der Waals surface area contributed by atoms with Crippen molar-refractivity contribution in [2.45, 2.75) is 6.04 Å². The summed E-state index contributed by atoms with van der Waals surface area (Å²) in [6.07, 6.45) is 0. The molecule has 1 aliphatic rings. The van der Waals surface area contributed by atoms with E-state index in [4.69, 9.17) is 4.74 Å². The van der Waals surface area contributed by atoms with E-state index in [1.165, 1.54) is 10.2 Å². The number of hydrogen-bond donors (Lipinski definition) is 1. The molecule has 1 N–H and O–H groups in total. The van der Waals surface area contributed by atoms with Gasteiger partial charge in [0.1, 0.15) is 5.82 Å². The SMILES string of the molecule is c1ccc(C(CNc2ccc3nnnn3n2)N2CCOCC2)cc1. The number of tetrazole rings is 1. The van der Waals surface area contributed by atoms with Gasteiger partial charge in [0.05, 0.1) is 19.3 Å². The second-order valence-electron chi connectivity index (χ2n) is 5.70. The molecule has 1 atom stereocenters. The lowest BCUT2D eigenvalue weighted by molar-refractivity contribution is 0.0187. The molecule has 24 heavy (non-hydrogen) atoms. The number of hydrogen-bond acceptors (Lipinski definition) is 7. The van der Waals surface area contributed by atoms with Crippen LogP contribution in [-0.2, 0) is 4.74 Å². The van der Waals surface area contributed by atoms with E-state index in [1.807, 2.05) is 18.2 Å². The van der Waals surface area contributed by atoms with Crippen LogP contribution in [0.25, 0.3) is 5.65 Å². The third-order valence-corrected chi connectivity index (χ3v) is 4.22. The van der Waals surface area contributed by atoms with Crippen LogP contribution in [0.15, 0.2) is 42.5 Å². The molecule has 1 fully saturated rings. The largest absolute Gasteiger partial charge is 0.379 e. The van der Waals surface area contributed by atoms with Crippen LogP contribution < -0.4 is 5.32 Å². The number of aromatic nitrogens is 5. The molecule has 1 aliphatic heterocycles. The average Bonchev–Trinajstić information content (AvgIpc) is 3.11. The van der Waals surface area contributed by atoms with Crippen LogP contribution >= 0.6 is 0 Å². The lowest BCUT2D eigenvalue weighted by Crippen LogP contribution is -2.41. The van der Waals surface area contributed by atoms with Crippen molar-refractivity contribution in [1.29, 1.82) is 0 Å². The quantitative estimate of drug-likeness (QED) is 0.749. The summed E-state index contributed by atoms with van der Waals surface area (Å²) in [6.45, 7) is 4.17. The molecule has 1 aromatic carbocycles. The first kappa shape index (κ1) is 15.0. The van der Waals surface area contributed by atoms with Gasteiger partial charge < -0.3 is 10.1 Å². The predicted molar refractivity (Wildman–Crippen MR) is 88.6 cm³/mol. The molecule has 8 heteroatoms. The van der Waals surface area contributed by atoms with Crippen LogP contribution in [0.5, 0.6) is 0 Å². The van der Waals surface area contributed by atoms with Crippen molar-refractivity contribution in [1.82, 2.24) is 30.2 Å². The Hall–Kier alpha value is -2.58. The molecule has 4 rings (SSSR count). The van der Waals surface area contributed by atoms with Gasteiger partial charge in [0.15, 0.2) is 5.65 Å². The minimum absolute atomic E-state index is 0.265. The maximum Gasteiger partial charge on any atom is 0.200 e. The van der Waals surface area contributed by atoms with Gasteiger partial charge in [-0.1, -0.05) is 30.3 Å². The van der Waals surface area contributed by atoms with Crippen LogP contribution in [0.3, 0.4) is 0 Å². The molecule has 2 aromatic heterocycles. The van der Waals surface area contributed by atoms with E-state index in [2.05, 4.69) is 55.1 Å². The normalized spacial score (nSPS) is 17.0. The highest BCUT2D eigenvalue weighted by Crippen LogP contribution is 2.22. The average molecular weight is 325 g/mol. The van der Waals surface area contributed by atoms with Crippen LogP contribution in [0, 0.1) is 0 Å². The Morgan fingerprint density at radius 2 is 1.92 bits per heavy atom. The third kappa shape index (κ3) is 3.19. The van der Waals surface area contributed by atoms with Gasteiger partial charge in [0.2, 0.25) is 0 Å². The molecule has 3 heterocycles. The molecule has 0 bridgehead atoms. The van der Waals surface area contributed by atoms with E-state index in [1.54, 1.807) is 0 Å². The number of nitrogens with zero attached hydrogens (tertiary/aromatic N) is 6. The Bertz CT molecular complexity index is 785. The van der Waals surface area contributed by atoms with Crippen molar-refractivity contribution in [3.8, 4) is 0 Å². The van der Waals surface area contributed by atoms with Crippen molar-refractivity contribution in [2.75, 3.05) is 38.2 Å². The highest BCUT2D eigenvalue weighted by molar-refractivity contribution is 5.42. The van der Waals surface area contributed by atoms with Gasteiger partial charge in [0.25, 0.3) is 0 Å². The van der Waals surface area contributed by atoms with Crippen LogP contribution in [-0.4, -0.2) is 63.0 Å². The smallest absolute Gasteiger partial charge is 0.200 e. The van der Waals surface area contributed by atoms with Gasteiger partial charge >= 0.3 is 0 Å². The second-order valence-corrected chi connectivity index (χ2v) is 5.70. The summed E-state index contributed by atoms with van der Waals surface area (Å²) in [6, 6.07) is 14.5. The lowest BCUT2D eigenvalue weighted by Gasteiger charge is -2.35. The zero-order valence-corrected chi connectivity index (χ0v) is 13.2. The highest BCUT2D eigenvalue weighted by Gasteiger charge is 2.22. The summed E-state index contributed by atoms with van der Waals surface area (Å²) in [5, 5.41) is 19.1. The summed E-state index contributed by atoms with van der Waals surface area (Å²) < 4.78 is 6.91. The molecule has 124 valence electrons. The first-order chi connectivity index (χ1) is 11.9. The van der Waals surface area contributed by atoms with Crippen molar-refractivity contribution in [3.05, 3.63) is 48.0 Å². The van der Waals surface area contributed by atoms with Gasteiger partial charge in [-0.3, -0.25) is 4.90 Å². The van der Waals surface area contributed by atoms with E-state index in [-0.39, 0.29) is 6.04 Å². The fourth-order valence-corrected chi connectivity index (χ4v) is 2.97. The molecule has 0 radical (unpaired) electrons. The first-order valence-corrected chi connectivity index (χ1v) is 8.06. The van der Waals surface area contributed by atoms with Crippen molar-refractivity contribution in [2.24, 2.45) is 0 Å². The maximum absolute atomic E-state index is 5.49. The molecule has 3 aromatic rings. The van der Waals surface area contributed by atoms with E-state index < -0.39 is 0 Å². The first-order valence-electron chi connectivity index (χ1n) is 8.06. The van der Waals surface area contributed by atoms with Gasteiger partial charge in [-0.2, -0.15) is 0 Å². The zero-order valence-electron chi connectivity index (χ0n) is 13.2. The third-order valence-electron chi connectivity index (χ3n) is 4.22. The Labute approximate surface area is 139 Å². The molecule has 0 saturated carbocycles. The fourth-order valence-electron chi connectivity index (χ4n) is 2.97. The van der Waals surface area contributed by atoms with Crippen LogP contribution in [0.4, 0.5) is 5.82 Å². The molecule has 0 aliphatic carbocycles. The van der Waals surface area contributed by atoms with Crippen molar-refractivity contribution in [3.63, 3.8) is 0 Å². The molecule has 1 saturated heterocycles. The standard InChI is InChI=1S/C16H19N7O/c1-2-4-13(5-3-1)14(22-8-10-24-11-9-22)12-17-15-6-7-16-18-20-21-23(16)19-15/h1-7,14H,8-12H2,(H,17,19). The number of rotatable bonds is 5. The second kappa shape index (κ2) is 6.90. The summed E-state index contributed by atoms with van der Waals surface area (Å²) in [4.78, 5) is 2.45. The van der Waals surface area contributed by atoms with Gasteiger partial charge in [-0.15, -0.1) is 14.8 Å². The number of morpholine rings is 1. The van der Waals surface area contributed by atoms with E-state index in [0.717, 1.165) is 38.7 Å². The monoisotopic (exact) mass is 325 g/mol. The number of nitrogens with one attached hydrogen (secondary N) is 1. The lowest BCUT2D eigenvalue weighted by atomic mass is 10.0. The highest BCUT2D eigenvalue weighted by atomic mass is 16.5. The van der Waals surface area contributed by atoms with Crippen LogP contribution in [0.2, 0.25) is 0 Å². The van der Waals surface area contributed by atoms with E-state index in [0.29, 0.717) is 5.65 Å². The van der Waals surface area contributed by atoms with E-state index in [9.17, 15) is 0 Å². The van der Waals surface area contributed by atoms with Crippen molar-refractivity contribution >= 4 is 11.5 Å². The fraction of sp³-hybridized carbons (Fsp3) is 0.375. The summed E-state index contributed by atoms with van der Waals surface area (Å²) in [7, 11) is 0. The minimum Gasteiger partial charge on any atom is -0.379 e. The summed E-state index contributed by atoms with van der Waals surface area (Å²) >= 11 is 0. The summed E-state index contributed by atoms with van der Waals surface area (Å²) in [5.41, 5.74) is 1.92. The maximum atomic E-state index is 5.49. The van der Waals surface area contributed by atoms with Crippen LogP contribution in [0.1, 0.15) is 11.6 Å². The molecule has 1 unspecified atom stereocenters. The number of ether oxygens (including phenoxy) is 1. The molecular weight excluding hydrogens is 306 g/mol. The molecular formula is C16H19N7O. The number of anilines is 1. The Morgan fingerprint density at radius 3 is 2.75 bits per heavy atom. The molecule has 0 spiro atoms. The van der Waals surface area contributed by atoms with Crippen molar-refractivity contribution < 1.29 is 4.74 Å². The van der Waals surface area contributed by atoms with Gasteiger partial charge in [-0.05, 0) is 28.1 Å². The van der Waals surface area contributed by atoms with E-state index >= 15 is 0 Å². The van der Waals surface area contributed by atoms with Gasteiger partial charge in [0, 0.05) is 19.6 Å². The zero-order chi connectivity index (χ0) is 16.2. The predicted octanol–water partition coefficient (Wildman–Crippen LogP) is 1.00.